The molecule has 1 aliphatic heterocycles. The third kappa shape index (κ3) is 8.51. The van der Waals surface area contributed by atoms with Crippen molar-refractivity contribution in [2.45, 2.75) is 84.8 Å². The predicted octanol–water partition coefficient (Wildman–Crippen LogP) is 8.15. The van der Waals surface area contributed by atoms with Crippen molar-refractivity contribution in [1.29, 1.82) is 0 Å². The molecule has 1 fully saturated rings. The van der Waals surface area contributed by atoms with Gasteiger partial charge in [-0.15, -0.1) is 4.99 Å². The van der Waals surface area contributed by atoms with Gasteiger partial charge in [0, 0.05) is 36.1 Å². The fraction of sp³-hybridized carbons (Fsp3) is 0.385. The Morgan fingerprint density at radius 3 is 2.36 bits per heavy atom. The molecule has 16 heteroatoms. The summed E-state index contributed by atoms with van der Waals surface area (Å²) in [6, 6.07) is 14.9. The number of rotatable bonds is 6. The van der Waals surface area contributed by atoms with E-state index in [1.165, 1.54) is 41.8 Å². The van der Waals surface area contributed by atoms with E-state index in [-0.39, 0.29) is 48.1 Å². The number of fused-ring (bicyclic) bond motifs is 2. The van der Waals surface area contributed by atoms with Gasteiger partial charge >= 0.3 is 18.2 Å². The first kappa shape index (κ1) is 39.0. The van der Waals surface area contributed by atoms with Crippen LogP contribution in [0.2, 0.25) is 5.02 Å². The number of piperidine rings is 1. The number of hydrogen-bond donors (Lipinski definition) is 0. The Kier molecular flexibility index (Phi) is 10.5. The Hall–Kier alpha value is -5.70. The van der Waals surface area contributed by atoms with Crippen molar-refractivity contribution in [2.24, 2.45) is 4.99 Å². The third-order valence-electron chi connectivity index (χ3n) is 8.92. The van der Waals surface area contributed by atoms with Crippen molar-refractivity contribution in [1.82, 2.24) is 13.7 Å². The smallest absolute Gasteiger partial charge is 0.437 e. The van der Waals surface area contributed by atoms with Crippen molar-refractivity contribution in [3.63, 3.8) is 0 Å². The van der Waals surface area contributed by atoms with Crippen LogP contribution in [0.1, 0.15) is 66.5 Å². The highest BCUT2D eigenvalue weighted by atomic mass is 35.5. The standard InChI is InChI=1S/C39H42ClFN6O8/c1-23(48)53-34-22-43(32-19-25(40)11-13-30(32)47(51)52)17-16-31(34)46-33-20-26(41)12-14-29(33)45(35(46)42-36(49)54-38(2,3)4)21-24-9-8-10-28-27(24)15-18-44(28)37(50)55-39(5,6)7/h8-15,18-20,31,34H,16-17,21-22H2,1-7H3. The summed E-state index contributed by atoms with van der Waals surface area (Å²) in [5, 5.41) is 13.0. The number of anilines is 1. The van der Waals surface area contributed by atoms with Crippen molar-refractivity contribution < 1.29 is 37.9 Å². The molecule has 0 saturated carbocycles. The minimum absolute atomic E-state index is 0.00375. The minimum atomic E-state index is -0.948. The van der Waals surface area contributed by atoms with Crippen LogP contribution in [0.25, 0.3) is 21.9 Å². The Morgan fingerprint density at radius 1 is 0.964 bits per heavy atom. The van der Waals surface area contributed by atoms with E-state index in [1.807, 2.05) is 6.07 Å². The molecular formula is C39H42ClFN6O8. The Morgan fingerprint density at radius 2 is 1.69 bits per heavy atom. The van der Waals surface area contributed by atoms with Gasteiger partial charge in [-0.3, -0.25) is 19.5 Å². The fourth-order valence-corrected chi connectivity index (χ4v) is 7.05. The molecule has 3 heterocycles. The number of nitro groups is 1. The summed E-state index contributed by atoms with van der Waals surface area (Å²) < 4.78 is 37.2. The van der Waals surface area contributed by atoms with Gasteiger partial charge in [-0.1, -0.05) is 23.7 Å². The lowest BCUT2D eigenvalue weighted by molar-refractivity contribution is -0.384. The molecule has 0 bridgehead atoms. The molecule has 2 atom stereocenters. The molecule has 2 unspecified atom stereocenters. The van der Waals surface area contributed by atoms with Crippen molar-refractivity contribution >= 4 is 63.1 Å². The van der Waals surface area contributed by atoms with E-state index in [2.05, 4.69) is 4.99 Å². The van der Waals surface area contributed by atoms with E-state index < -0.39 is 52.2 Å². The number of carbonyl (C=O) groups is 3. The molecule has 0 radical (unpaired) electrons. The van der Waals surface area contributed by atoms with E-state index in [9.17, 15) is 24.5 Å². The zero-order chi connectivity index (χ0) is 40.0. The van der Waals surface area contributed by atoms with Crippen molar-refractivity contribution in [3.8, 4) is 0 Å². The highest BCUT2D eigenvalue weighted by molar-refractivity contribution is 6.31. The Labute approximate surface area is 320 Å². The molecule has 1 aliphatic rings. The first-order chi connectivity index (χ1) is 25.8. The Bertz CT molecular complexity index is 2400. The van der Waals surface area contributed by atoms with Crippen LogP contribution in [0, 0.1) is 15.9 Å². The first-order valence-corrected chi connectivity index (χ1v) is 18.0. The van der Waals surface area contributed by atoms with Crippen LogP contribution in [-0.4, -0.2) is 67.2 Å². The van der Waals surface area contributed by atoms with Crippen LogP contribution in [0.15, 0.2) is 71.9 Å². The third-order valence-corrected chi connectivity index (χ3v) is 9.15. The Balaban J connectivity index is 1.54. The minimum Gasteiger partial charge on any atom is -0.458 e. The zero-order valence-corrected chi connectivity index (χ0v) is 32.3. The number of nitrogens with zero attached hydrogens (tertiary/aromatic N) is 6. The summed E-state index contributed by atoms with van der Waals surface area (Å²) >= 11 is 6.27. The molecule has 0 spiro atoms. The molecule has 5 aromatic rings. The molecule has 0 N–H and O–H groups in total. The van der Waals surface area contributed by atoms with Crippen LogP contribution in [-0.2, 0) is 25.5 Å². The number of nitro benzene ring substituents is 1. The molecule has 1 amide bonds. The molecule has 1 saturated heterocycles. The number of imidazole rings is 1. The molecule has 55 heavy (non-hydrogen) atoms. The summed E-state index contributed by atoms with van der Waals surface area (Å²) in [5.74, 6) is -1.17. The topological polar surface area (TPSA) is 152 Å². The lowest BCUT2D eigenvalue weighted by Crippen LogP contribution is -2.49. The normalized spacial score (nSPS) is 16.7. The second kappa shape index (κ2) is 14.9. The van der Waals surface area contributed by atoms with Gasteiger partial charge in [0.15, 0.2) is 0 Å². The first-order valence-electron chi connectivity index (χ1n) is 17.7. The summed E-state index contributed by atoms with van der Waals surface area (Å²) in [7, 11) is 0. The maximum Gasteiger partial charge on any atom is 0.437 e. The highest BCUT2D eigenvalue weighted by Crippen LogP contribution is 2.37. The molecule has 2 aromatic heterocycles. The van der Waals surface area contributed by atoms with Crippen LogP contribution in [0.5, 0.6) is 0 Å². The second-order valence-electron chi connectivity index (χ2n) is 15.3. The summed E-state index contributed by atoms with van der Waals surface area (Å²) in [6.07, 6.45) is -0.551. The van der Waals surface area contributed by atoms with Gasteiger partial charge in [0.25, 0.3) is 5.69 Å². The zero-order valence-electron chi connectivity index (χ0n) is 31.5. The molecule has 290 valence electrons. The highest BCUT2D eigenvalue weighted by Gasteiger charge is 2.37. The largest absolute Gasteiger partial charge is 0.458 e. The van der Waals surface area contributed by atoms with E-state index in [0.29, 0.717) is 16.6 Å². The van der Waals surface area contributed by atoms with Gasteiger partial charge in [-0.25, -0.2) is 14.0 Å². The van der Waals surface area contributed by atoms with Gasteiger partial charge in [0.05, 0.1) is 40.6 Å². The van der Waals surface area contributed by atoms with E-state index >= 15 is 4.39 Å². The molecular weight excluding hydrogens is 735 g/mol. The quantitative estimate of drug-likeness (QED) is 0.0720. The lowest BCUT2D eigenvalue weighted by atomic mass is 10.00. The maximum atomic E-state index is 15.2. The van der Waals surface area contributed by atoms with Crippen molar-refractivity contribution in [3.05, 3.63) is 99.0 Å². The average molecular weight is 777 g/mol. The average Bonchev–Trinajstić information content (AvgIpc) is 3.62. The number of amides is 1. The number of aromatic nitrogens is 3. The second-order valence-corrected chi connectivity index (χ2v) is 15.8. The van der Waals surface area contributed by atoms with Gasteiger partial charge in [0.1, 0.15) is 28.8 Å². The summed E-state index contributed by atoms with van der Waals surface area (Å²) in [4.78, 5) is 57.0. The molecule has 14 nitrogen and oxygen atoms in total. The molecule has 6 rings (SSSR count). The van der Waals surface area contributed by atoms with Crippen LogP contribution in [0.3, 0.4) is 0 Å². The fourth-order valence-electron chi connectivity index (χ4n) is 6.89. The predicted molar refractivity (Wildman–Crippen MR) is 204 cm³/mol. The number of halogens is 2. The number of carbonyl (C=O) groups excluding carboxylic acids is 3. The van der Waals surface area contributed by atoms with Crippen molar-refractivity contribution in [2.75, 3.05) is 18.0 Å². The molecule has 0 aliphatic carbocycles. The van der Waals surface area contributed by atoms with Crippen LogP contribution in [0.4, 0.5) is 25.4 Å². The van der Waals surface area contributed by atoms with E-state index in [0.717, 1.165) is 10.9 Å². The maximum absolute atomic E-state index is 15.2. The van der Waals surface area contributed by atoms with Gasteiger partial charge in [-0.05, 0) is 96.0 Å². The number of ether oxygens (including phenoxy) is 3. The monoisotopic (exact) mass is 776 g/mol. The number of esters is 1. The SMILES string of the molecule is CC(=O)OC1CN(c2cc(Cl)ccc2[N+](=O)[O-])CCC1n1c(=NC(=O)OC(C)(C)C)n(Cc2cccc3c2ccn3C(=O)OC(C)(C)C)c2ccc(F)cc21. The lowest BCUT2D eigenvalue weighted by Gasteiger charge is -2.39. The van der Waals surface area contributed by atoms with Gasteiger partial charge in [0.2, 0.25) is 5.62 Å². The summed E-state index contributed by atoms with van der Waals surface area (Å²) in [5.41, 5.74) is 0.720. The summed E-state index contributed by atoms with van der Waals surface area (Å²) in [6.45, 7) is 12.1. The van der Waals surface area contributed by atoms with Crippen LogP contribution >= 0.6 is 11.6 Å². The number of hydrogen-bond acceptors (Lipinski definition) is 9. The van der Waals surface area contributed by atoms with E-state index in [1.54, 1.807) is 86.0 Å². The molecule has 3 aromatic carbocycles. The van der Waals surface area contributed by atoms with Gasteiger partial charge < -0.3 is 28.2 Å². The van der Waals surface area contributed by atoms with E-state index in [4.69, 9.17) is 25.8 Å². The van der Waals surface area contributed by atoms with Gasteiger partial charge in [-0.2, -0.15) is 0 Å². The van der Waals surface area contributed by atoms with Crippen LogP contribution < -0.4 is 10.5 Å². The number of benzene rings is 3.